The molecule has 0 radical (unpaired) electrons. The van der Waals surface area contributed by atoms with Crippen LogP contribution in [0.1, 0.15) is 82.4 Å². The van der Waals surface area contributed by atoms with Crippen molar-refractivity contribution in [1.29, 1.82) is 0 Å². The number of rotatable bonds is 12. The van der Waals surface area contributed by atoms with Gasteiger partial charge in [-0.15, -0.1) is 0 Å². The zero-order chi connectivity index (χ0) is 31.0. The van der Waals surface area contributed by atoms with Crippen molar-refractivity contribution >= 4 is 47.4 Å². The molecule has 1 saturated heterocycles. The van der Waals surface area contributed by atoms with Crippen LogP contribution >= 0.6 is 23.2 Å². The first-order valence-electron chi connectivity index (χ1n) is 15.1. The summed E-state index contributed by atoms with van der Waals surface area (Å²) in [5, 5.41) is 9.58. The van der Waals surface area contributed by atoms with Gasteiger partial charge in [-0.25, -0.2) is 4.79 Å². The Bertz CT molecular complexity index is 1300. The van der Waals surface area contributed by atoms with Gasteiger partial charge >= 0.3 is 6.09 Å². The molecule has 4 atom stereocenters. The van der Waals surface area contributed by atoms with Crippen LogP contribution in [-0.2, 0) is 25.5 Å². The molecule has 2 aromatic rings. The first-order valence-corrected chi connectivity index (χ1v) is 15.8. The molecule has 3 N–H and O–H groups in total. The summed E-state index contributed by atoms with van der Waals surface area (Å²) in [5.74, 6) is -0.717. The standard InChI is InChI=1S/C33H41Cl2N3O5/c1-33(2)19-24(30(40)38-33)18-27(20-39)36-31(41)28(15-21-8-4-3-5-9-21)37-32(42)43-29(23-11-7-13-26(35)17-23)16-22-10-6-12-25(34)14-22/h6-7,10-14,17,20-21,24,27-29H,3-5,8-9,15-16,18-19H2,1-2H3,(H,36,41)(H,37,42)(H,38,40)/t24?,27-,28-,29?/m0/s1. The predicted octanol–water partition coefficient (Wildman–Crippen LogP) is 6.33. The van der Waals surface area contributed by atoms with Crippen LogP contribution < -0.4 is 16.0 Å². The first-order chi connectivity index (χ1) is 20.5. The molecule has 4 rings (SSSR count). The number of halogens is 2. The molecule has 1 aliphatic heterocycles. The maximum atomic E-state index is 13.6. The minimum absolute atomic E-state index is 0.127. The molecule has 232 valence electrons. The molecule has 0 aromatic heterocycles. The minimum atomic E-state index is -0.905. The van der Waals surface area contributed by atoms with Crippen molar-refractivity contribution in [3.63, 3.8) is 0 Å². The molecule has 2 aliphatic rings. The summed E-state index contributed by atoms with van der Waals surface area (Å²) >= 11 is 12.4. The fraction of sp³-hybridized carbons (Fsp3) is 0.515. The fourth-order valence-corrected chi connectivity index (χ4v) is 6.64. The van der Waals surface area contributed by atoms with Crippen LogP contribution in [0.25, 0.3) is 0 Å². The van der Waals surface area contributed by atoms with Crippen molar-refractivity contribution < 1.29 is 23.9 Å². The third-order valence-electron chi connectivity index (χ3n) is 8.30. The zero-order valence-corrected chi connectivity index (χ0v) is 26.3. The summed E-state index contributed by atoms with van der Waals surface area (Å²) < 4.78 is 5.93. The van der Waals surface area contributed by atoms with E-state index in [-0.39, 0.29) is 29.7 Å². The van der Waals surface area contributed by atoms with E-state index in [0.717, 1.165) is 37.7 Å². The number of ether oxygens (including phenoxy) is 1. The number of carbonyl (C=O) groups excluding carboxylic acids is 4. The van der Waals surface area contributed by atoms with Crippen LogP contribution in [0.3, 0.4) is 0 Å². The molecule has 43 heavy (non-hydrogen) atoms. The van der Waals surface area contributed by atoms with Gasteiger partial charge in [0.05, 0.1) is 6.04 Å². The minimum Gasteiger partial charge on any atom is -0.441 e. The van der Waals surface area contributed by atoms with E-state index in [1.807, 2.05) is 38.1 Å². The summed E-state index contributed by atoms with van der Waals surface area (Å²) in [6, 6.07) is 12.6. The average molecular weight is 631 g/mol. The van der Waals surface area contributed by atoms with E-state index < -0.39 is 30.2 Å². The highest BCUT2D eigenvalue weighted by Gasteiger charge is 2.39. The van der Waals surface area contributed by atoms with Gasteiger partial charge in [-0.2, -0.15) is 0 Å². The molecule has 3 amide bonds. The second-order valence-corrected chi connectivity index (χ2v) is 13.4. The van der Waals surface area contributed by atoms with Crippen molar-refractivity contribution in [2.45, 2.75) is 95.4 Å². The second-order valence-electron chi connectivity index (χ2n) is 12.5. The highest BCUT2D eigenvalue weighted by atomic mass is 35.5. The van der Waals surface area contributed by atoms with E-state index in [2.05, 4.69) is 16.0 Å². The van der Waals surface area contributed by atoms with Crippen LogP contribution in [0.2, 0.25) is 10.0 Å². The zero-order valence-electron chi connectivity index (χ0n) is 24.7. The number of hydrogen-bond acceptors (Lipinski definition) is 5. The predicted molar refractivity (Wildman–Crippen MR) is 167 cm³/mol. The number of carbonyl (C=O) groups is 4. The summed E-state index contributed by atoms with van der Waals surface area (Å²) in [6.45, 7) is 3.86. The van der Waals surface area contributed by atoms with Crippen LogP contribution in [0.15, 0.2) is 48.5 Å². The van der Waals surface area contributed by atoms with E-state index >= 15 is 0 Å². The Morgan fingerprint density at radius 1 is 1.02 bits per heavy atom. The van der Waals surface area contributed by atoms with Gasteiger partial charge < -0.3 is 25.5 Å². The van der Waals surface area contributed by atoms with Gasteiger partial charge in [-0.05, 0) is 74.4 Å². The molecule has 1 heterocycles. The summed E-state index contributed by atoms with van der Waals surface area (Å²) in [4.78, 5) is 51.3. The number of benzene rings is 2. The van der Waals surface area contributed by atoms with Gasteiger partial charge in [0.15, 0.2) is 0 Å². The van der Waals surface area contributed by atoms with Gasteiger partial charge in [0.1, 0.15) is 18.4 Å². The number of alkyl carbamates (subject to hydrolysis) is 1. The molecule has 1 aliphatic carbocycles. The Morgan fingerprint density at radius 2 is 1.72 bits per heavy atom. The number of amides is 3. The van der Waals surface area contributed by atoms with Crippen LogP contribution in [0.4, 0.5) is 4.79 Å². The van der Waals surface area contributed by atoms with E-state index in [4.69, 9.17) is 27.9 Å². The molecule has 1 saturated carbocycles. The molecule has 2 unspecified atom stereocenters. The van der Waals surface area contributed by atoms with Gasteiger partial charge in [0.25, 0.3) is 0 Å². The Balaban J connectivity index is 1.47. The maximum Gasteiger partial charge on any atom is 0.408 e. The highest BCUT2D eigenvalue weighted by molar-refractivity contribution is 6.30. The van der Waals surface area contributed by atoms with Crippen LogP contribution in [0, 0.1) is 11.8 Å². The Morgan fingerprint density at radius 3 is 2.35 bits per heavy atom. The number of hydrogen-bond donors (Lipinski definition) is 3. The van der Waals surface area contributed by atoms with Gasteiger partial charge in [-0.1, -0.05) is 79.6 Å². The molecular weight excluding hydrogens is 589 g/mol. The third-order valence-corrected chi connectivity index (χ3v) is 8.77. The smallest absolute Gasteiger partial charge is 0.408 e. The highest BCUT2D eigenvalue weighted by Crippen LogP contribution is 2.30. The lowest BCUT2D eigenvalue weighted by molar-refractivity contribution is -0.127. The van der Waals surface area contributed by atoms with E-state index in [1.54, 1.807) is 24.3 Å². The Hall–Kier alpha value is -3.10. The van der Waals surface area contributed by atoms with Gasteiger partial charge in [-0.3, -0.25) is 9.59 Å². The second kappa shape index (κ2) is 15.1. The molecule has 0 spiro atoms. The number of nitrogens with one attached hydrogen (secondary N) is 3. The van der Waals surface area contributed by atoms with Crippen molar-refractivity contribution in [3.8, 4) is 0 Å². The van der Waals surface area contributed by atoms with Gasteiger partial charge in [0.2, 0.25) is 11.8 Å². The quantitative estimate of drug-likeness (QED) is 0.237. The fourth-order valence-electron chi connectivity index (χ4n) is 6.23. The lowest BCUT2D eigenvalue weighted by atomic mass is 9.84. The normalized spacial score (nSPS) is 20.4. The molecule has 8 nitrogen and oxygen atoms in total. The lowest BCUT2D eigenvalue weighted by Crippen LogP contribution is -2.51. The molecular formula is C33H41Cl2N3O5. The van der Waals surface area contributed by atoms with Gasteiger partial charge in [0, 0.05) is 27.9 Å². The van der Waals surface area contributed by atoms with E-state index in [1.165, 1.54) is 0 Å². The largest absolute Gasteiger partial charge is 0.441 e. The molecule has 10 heteroatoms. The summed E-state index contributed by atoms with van der Waals surface area (Å²) in [6.07, 6.45) is 6.00. The Labute approximate surface area is 263 Å². The molecule has 2 aromatic carbocycles. The van der Waals surface area contributed by atoms with Crippen molar-refractivity contribution in [2.75, 3.05) is 0 Å². The molecule has 0 bridgehead atoms. The lowest BCUT2D eigenvalue weighted by Gasteiger charge is -2.28. The SMILES string of the molecule is CC1(C)CC(C[C@@H](C=O)NC(=O)[C@H](CC2CCCCC2)NC(=O)OC(Cc2cccc(Cl)c2)c2cccc(Cl)c2)C(=O)N1. The maximum absolute atomic E-state index is 13.6. The van der Waals surface area contributed by atoms with Crippen LogP contribution in [0.5, 0.6) is 0 Å². The monoisotopic (exact) mass is 629 g/mol. The van der Waals surface area contributed by atoms with Crippen molar-refractivity contribution in [3.05, 3.63) is 69.7 Å². The van der Waals surface area contributed by atoms with Crippen LogP contribution in [-0.4, -0.2) is 41.8 Å². The topological polar surface area (TPSA) is 114 Å². The first kappa shape index (κ1) is 32.8. The Kier molecular flexibility index (Phi) is 11.5. The third kappa shape index (κ3) is 9.97. The van der Waals surface area contributed by atoms with E-state index in [0.29, 0.717) is 41.2 Å². The van der Waals surface area contributed by atoms with E-state index in [9.17, 15) is 19.2 Å². The number of aldehydes is 1. The average Bonchev–Trinajstić information content (AvgIpc) is 3.22. The molecule has 2 fully saturated rings. The van der Waals surface area contributed by atoms with Crippen molar-refractivity contribution in [1.82, 2.24) is 16.0 Å². The van der Waals surface area contributed by atoms with Crippen molar-refractivity contribution in [2.24, 2.45) is 11.8 Å². The summed E-state index contributed by atoms with van der Waals surface area (Å²) in [5.41, 5.74) is 1.21. The summed E-state index contributed by atoms with van der Waals surface area (Å²) in [7, 11) is 0.